The molecule has 0 fully saturated rings. The summed E-state index contributed by atoms with van der Waals surface area (Å²) in [5.74, 6) is -2.71. The number of carbonyl (C=O) groups excluding carboxylic acids is 2. The second kappa shape index (κ2) is 15.1. The third-order valence-corrected chi connectivity index (χ3v) is 11.4. The van der Waals surface area contributed by atoms with Crippen molar-refractivity contribution in [1.82, 2.24) is 0 Å². The zero-order valence-electron chi connectivity index (χ0n) is 27.3. The van der Waals surface area contributed by atoms with E-state index in [0.29, 0.717) is 16.1 Å². The van der Waals surface area contributed by atoms with E-state index >= 15 is 0 Å². The van der Waals surface area contributed by atoms with E-state index in [0.717, 1.165) is 60.1 Å². The molecule has 0 aliphatic heterocycles. The van der Waals surface area contributed by atoms with Crippen LogP contribution in [-0.2, 0) is 42.1 Å². The van der Waals surface area contributed by atoms with Gasteiger partial charge in [-0.25, -0.2) is 18.0 Å². The second-order valence-corrected chi connectivity index (χ2v) is 15.2. The molecule has 4 N–H and O–H groups in total. The van der Waals surface area contributed by atoms with Crippen LogP contribution in [0.3, 0.4) is 0 Å². The number of benzene rings is 4. The number of carboxylic acids is 2. The third kappa shape index (κ3) is 8.42. The van der Waals surface area contributed by atoms with E-state index in [2.05, 4.69) is 10.0 Å². The summed E-state index contributed by atoms with van der Waals surface area (Å²) in [7, 11) is -4.09. The van der Waals surface area contributed by atoms with Crippen LogP contribution in [0.5, 0.6) is 0 Å². The fourth-order valence-corrected chi connectivity index (χ4v) is 8.54. The summed E-state index contributed by atoms with van der Waals surface area (Å²) in [6.45, 7) is 0. The van der Waals surface area contributed by atoms with Gasteiger partial charge < -0.3 is 15.5 Å². The van der Waals surface area contributed by atoms with Crippen molar-refractivity contribution in [2.24, 2.45) is 0 Å². The molecule has 51 heavy (non-hydrogen) atoms. The van der Waals surface area contributed by atoms with Crippen molar-refractivity contribution in [2.75, 3.05) is 10.0 Å². The molecule has 0 radical (unpaired) electrons. The Balaban J connectivity index is 1.15. The summed E-state index contributed by atoms with van der Waals surface area (Å²) < 4.78 is 28.7. The predicted octanol–water partition coefficient (Wildman–Crippen LogP) is 7.29. The number of amides is 1. The standard InChI is InChI=1S/C39H34N2O8S2/c42-33(28-4-3-5-31(22-28)51(48,49)41-30-20-16-27(17-21-30)39(46)47)23-35-36(32-6-1-2-7-34(32)50-35)37(43)40-29-18-12-25(13-19-29)9-8-24-10-14-26(15-11-24)38(44)45/h3-5,10-22,41H,1-2,6-9,23H2,(H,40,43)(H,44,45)(H,46,47). The van der Waals surface area contributed by atoms with Gasteiger partial charge in [0.15, 0.2) is 5.78 Å². The zero-order chi connectivity index (χ0) is 36.1. The number of aromatic carboxylic acids is 2. The van der Waals surface area contributed by atoms with E-state index in [1.54, 1.807) is 18.2 Å². The number of thiophene rings is 1. The van der Waals surface area contributed by atoms with Crippen molar-refractivity contribution < 1.29 is 37.8 Å². The predicted molar refractivity (Wildman–Crippen MR) is 195 cm³/mol. The van der Waals surface area contributed by atoms with E-state index < -0.39 is 22.0 Å². The molecule has 10 nitrogen and oxygen atoms in total. The van der Waals surface area contributed by atoms with Crippen molar-refractivity contribution in [2.45, 2.75) is 49.8 Å². The maximum Gasteiger partial charge on any atom is 0.335 e. The first kappa shape index (κ1) is 35.2. The Kier molecular flexibility index (Phi) is 10.4. The molecular weight excluding hydrogens is 689 g/mol. The summed E-state index contributed by atoms with van der Waals surface area (Å²) >= 11 is 1.46. The van der Waals surface area contributed by atoms with Crippen LogP contribution in [0.4, 0.5) is 11.4 Å². The number of anilines is 2. The first-order chi connectivity index (χ1) is 24.5. The molecule has 0 atom stereocenters. The molecule has 4 aromatic carbocycles. The molecule has 260 valence electrons. The van der Waals surface area contributed by atoms with Crippen molar-refractivity contribution in [3.63, 3.8) is 0 Å². The van der Waals surface area contributed by atoms with Crippen molar-refractivity contribution in [3.8, 4) is 0 Å². The minimum Gasteiger partial charge on any atom is -0.478 e. The van der Waals surface area contributed by atoms with E-state index in [9.17, 15) is 27.6 Å². The van der Waals surface area contributed by atoms with Gasteiger partial charge in [0, 0.05) is 33.1 Å². The molecule has 1 amide bonds. The smallest absolute Gasteiger partial charge is 0.335 e. The molecule has 1 aliphatic rings. The molecule has 1 aliphatic carbocycles. The SMILES string of the molecule is O=C(O)c1ccc(CCc2ccc(NC(=O)c3c(CC(=O)c4cccc(S(=O)(=O)Nc5ccc(C(=O)O)cc5)c4)sc4c3CCCC4)cc2)cc1. The van der Waals surface area contributed by atoms with Crippen LogP contribution in [0, 0.1) is 0 Å². The molecule has 0 bridgehead atoms. The first-order valence-electron chi connectivity index (χ1n) is 16.3. The van der Waals surface area contributed by atoms with Gasteiger partial charge in [-0.2, -0.15) is 0 Å². The lowest BCUT2D eigenvalue weighted by molar-refractivity contribution is 0.0686. The fourth-order valence-electron chi connectivity index (χ4n) is 6.04. The number of rotatable bonds is 13. The number of carboxylic acid groups (broad SMARTS) is 2. The van der Waals surface area contributed by atoms with Crippen molar-refractivity contribution in [1.29, 1.82) is 0 Å². The lowest BCUT2D eigenvalue weighted by Gasteiger charge is -2.14. The van der Waals surface area contributed by atoms with Gasteiger partial charge in [-0.3, -0.25) is 14.3 Å². The molecule has 12 heteroatoms. The third-order valence-electron chi connectivity index (χ3n) is 8.76. The average Bonchev–Trinajstić information content (AvgIpc) is 3.49. The minimum absolute atomic E-state index is 0.0162. The summed E-state index contributed by atoms with van der Waals surface area (Å²) in [5.41, 5.74) is 4.80. The molecule has 0 unspecified atom stereocenters. The van der Waals surface area contributed by atoms with Gasteiger partial charge in [-0.05, 0) is 116 Å². The number of nitrogens with one attached hydrogen (secondary N) is 2. The quantitative estimate of drug-likeness (QED) is 0.0920. The monoisotopic (exact) mass is 722 g/mol. The van der Waals surface area contributed by atoms with Gasteiger partial charge in [0.25, 0.3) is 15.9 Å². The van der Waals surface area contributed by atoms with Crippen LogP contribution in [-0.4, -0.2) is 42.3 Å². The zero-order valence-corrected chi connectivity index (χ0v) is 29.0. The molecule has 1 heterocycles. The highest BCUT2D eigenvalue weighted by Crippen LogP contribution is 2.36. The number of fused-ring (bicyclic) bond motifs is 1. The molecule has 5 aromatic rings. The number of hydrogen-bond acceptors (Lipinski definition) is 7. The van der Waals surface area contributed by atoms with Gasteiger partial charge in [-0.1, -0.05) is 36.4 Å². The molecule has 6 rings (SSSR count). The Morgan fingerprint density at radius 1 is 0.686 bits per heavy atom. The normalized spacial score (nSPS) is 12.5. The van der Waals surface area contributed by atoms with Crippen LogP contribution in [0.2, 0.25) is 0 Å². The van der Waals surface area contributed by atoms with E-state index in [1.807, 2.05) is 36.4 Å². The largest absolute Gasteiger partial charge is 0.478 e. The second-order valence-electron chi connectivity index (χ2n) is 12.3. The van der Waals surface area contributed by atoms with Crippen molar-refractivity contribution in [3.05, 3.63) is 146 Å². The number of sulfonamides is 1. The summed E-state index contributed by atoms with van der Waals surface area (Å²) in [6, 6.07) is 25.3. The molecular formula is C39H34N2O8S2. The molecule has 0 saturated carbocycles. The van der Waals surface area contributed by atoms with E-state index in [1.165, 1.54) is 53.8 Å². The Bertz CT molecular complexity index is 2220. The Hall–Kier alpha value is -5.59. The highest BCUT2D eigenvalue weighted by atomic mass is 32.2. The fraction of sp³-hybridized carbons (Fsp3) is 0.179. The molecule has 0 spiro atoms. The van der Waals surface area contributed by atoms with Gasteiger partial charge in [0.05, 0.1) is 21.6 Å². The van der Waals surface area contributed by atoms with E-state index in [-0.39, 0.29) is 45.4 Å². The number of ketones is 1. The number of Topliss-reactive ketones (excluding diaryl/α,β-unsaturated/α-hetero) is 1. The maximum absolute atomic E-state index is 13.8. The van der Waals surface area contributed by atoms with Gasteiger partial charge in [-0.15, -0.1) is 11.3 Å². The first-order valence-corrected chi connectivity index (χ1v) is 18.6. The van der Waals surface area contributed by atoms with Crippen LogP contribution in [0.25, 0.3) is 0 Å². The highest BCUT2D eigenvalue weighted by molar-refractivity contribution is 7.92. The number of aryl methyl sites for hydroxylation is 3. The summed E-state index contributed by atoms with van der Waals surface area (Å²) in [5, 5.41) is 21.2. The van der Waals surface area contributed by atoms with Crippen LogP contribution < -0.4 is 10.0 Å². The topological polar surface area (TPSA) is 167 Å². The van der Waals surface area contributed by atoms with Gasteiger partial charge in [0.1, 0.15) is 0 Å². The Labute approximate surface area is 298 Å². The van der Waals surface area contributed by atoms with Crippen LogP contribution in [0.15, 0.2) is 102 Å². The summed E-state index contributed by atoms with van der Waals surface area (Å²) in [6.07, 6.45) is 4.91. The minimum atomic E-state index is -4.09. The maximum atomic E-state index is 13.8. The van der Waals surface area contributed by atoms with Crippen LogP contribution in [0.1, 0.15) is 80.7 Å². The van der Waals surface area contributed by atoms with Crippen LogP contribution >= 0.6 is 11.3 Å². The van der Waals surface area contributed by atoms with E-state index in [4.69, 9.17) is 10.2 Å². The lowest BCUT2D eigenvalue weighted by atomic mass is 9.93. The lowest BCUT2D eigenvalue weighted by Crippen LogP contribution is -2.17. The van der Waals surface area contributed by atoms with Gasteiger partial charge in [0.2, 0.25) is 0 Å². The average molecular weight is 723 g/mol. The molecule has 1 aromatic heterocycles. The molecule has 0 saturated heterocycles. The highest BCUT2D eigenvalue weighted by Gasteiger charge is 2.27. The summed E-state index contributed by atoms with van der Waals surface area (Å²) in [4.78, 5) is 51.3. The Morgan fingerprint density at radius 3 is 1.88 bits per heavy atom. The number of carbonyl (C=O) groups is 4. The van der Waals surface area contributed by atoms with Crippen molar-refractivity contribution >= 4 is 56.4 Å². The van der Waals surface area contributed by atoms with Gasteiger partial charge >= 0.3 is 11.9 Å². The Morgan fingerprint density at radius 2 is 1.25 bits per heavy atom. The number of hydrogen-bond donors (Lipinski definition) is 4.